The van der Waals surface area contributed by atoms with Crippen LogP contribution in [-0.4, -0.2) is 19.5 Å². The first-order chi connectivity index (χ1) is 27.8. The van der Waals surface area contributed by atoms with E-state index in [0.717, 1.165) is 77.6 Å². The Labute approximate surface area is 322 Å². The zero-order chi connectivity index (χ0) is 37.0. The maximum Gasteiger partial charge on any atom is 0.164 e. The van der Waals surface area contributed by atoms with Gasteiger partial charge in [-0.1, -0.05) is 164 Å². The third kappa shape index (κ3) is 5.21. The lowest BCUT2D eigenvalue weighted by molar-refractivity contribution is 0.670. The Bertz CT molecular complexity index is 3170. The third-order valence-corrected chi connectivity index (χ3v) is 10.7. The lowest BCUT2D eigenvalue weighted by atomic mass is 9.98. The number of benzene rings is 8. The molecule has 5 heteroatoms. The minimum absolute atomic E-state index is 0.576. The predicted molar refractivity (Wildman–Crippen MR) is 229 cm³/mol. The molecule has 0 unspecified atom stereocenters. The molecule has 5 nitrogen and oxygen atoms in total. The number of para-hydroxylation sites is 2. The number of furan rings is 1. The van der Waals surface area contributed by atoms with Crippen molar-refractivity contribution in [1.29, 1.82) is 0 Å². The van der Waals surface area contributed by atoms with Crippen molar-refractivity contribution in [1.82, 2.24) is 19.5 Å². The highest BCUT2D eigenvalue weighted by Gasteiger charge is 2.24. The zero-order valence-electron chi connectivity index (χ0n) is 30.2. The first kappa shape index (κ1) is 31.9. The molecule has 11 rings (SSSR count). The van der Waals surface area contributed by atoms with Gasteiger partial charge in [-0.15, -0.1) is 0 Å². The minimum Gasteiger partial charge on any atom is -0.455 e. The number of hydrogen-bond donors (Lipinski definition) is 0. The van der Waals surface area contributed by atoms with Crippen LogP contribution >= 0.6 is 0 Å². The molecule has 0 amide bonds. The fourth-order valence-corrected chi connectivity index (χ4v) is 8.09. The van der Waals surface area contributed by atoms with Crippen LogP contribution in [0.1, 0.15) is 0 Å². The van der Waals surface area contributed by atoms with Gasteiger partial charge in [-0.2, -0.15) is 0 Å². The van der Waals surface area contributed by atoms with Gasteiger partial charge < -0.3 is 8.98 Å². The summed E-state index contributed by atoms with van der Waals surface area (Å²) >= 11 is 0. The van der Waals surface area contributed by atoms with E-state index in [4.69, 9.17) is 19.4 Å². The summed E-state index contributed by atoms with van der Waals surface area (Å²) in [5.74, 6) is 1.79. The van der Waals surface area contributed by atoms with Crippen LogP contribution in [0.15, 0.2) is 199 Å². The van der Waals surface area contributed by atoms with Crippen molar-refractivity contribution in [2.45, 2.75) is 0 Å². The van der Waals surface area contributed by atoms with Crippen LogP contribution in [0.25, 0.3) is 106 Å². The molecule has 0 saturated heterocycles. The average molecular weight is 717 g/mol. The predicted octanol–water partition coefficient (Wildman–Crippen LogP) is 13.2. The van der Waals surface area contributed by atoms with Gasteiger partial charge in [0.15, 0.2) is 17.5 Å². The molecule has 0 aliphatic heterocycles. The SMILES string of the molecule is c1ccc(-c2ccc(-c3nc(-c4ccccc4)nc(-c4cccc5oc6c(-c7ccccc7)ccc(-n7c8ccccc8c8ccccc87)c6c45)n3)cc2)cc1. The second kappa shape index (κ2) is 13.0. The molecule has 0 fully saturated rings. The second-order valence-electron chi connectivity index (χ2n) is 14.0. The highest BCUT2D eigenvalue weighted by molar-refractivity contribution is 6.20. The molecule has 262 valence electrons. The smallest absolute Gasteiger partial charge is 0.164 e. The van der Waals surface area contributed by atoms with E-state index >= 15 is 0 Å². The molecule has 3 heterocycles. The molecule has 0 saturated carbocycles. The monoisotopic (exact) mass is 716 g/mol. The van der Waals surface area contributed by atoms with Crippen molar-refractivity contribution in [2.24, 2.45) is 0 Å². The fourth-order valence-electron chi connectivity index (χ4n) is 8.09. The van der Waals surface area contributed by atoms with Gasteiger partial charge in [-0.3, -0.25) is 0 Å². The summed E-state index contributed by atoms with van der Waals surface area (Å²) in [6, 6.07) is 67.2. The molecule has 0 N–H and O–H groups in total. The maximum absolute atomic E-state index is 6.96. The van der Waals surface area contributed by atoms with Crippen LogP contribution in [0.3, 0.4) is 0 Å². The van der Waals surface area contributed by atoms with Gasteiger partial charge in [0.25, 0.3) is 0 Å². The Kier molecular flexibility index (Phi) is 7.42. The lowest BCUT2D eigenvalue weighted by Crippen LogP contribution is -2.01. The van der Waals surface area contributed by atoms with E-state index in [9.17, 15) is 0 Å². The maximum atomic E-state index is 6.96. The molecule has 0 spiro atoms. The summed E-state index contributed by atoms with van der Waals surface area (Å²) in [7, 11) is 0. The Morgan fingerprint density at radius 1 is 0.339 bits per heavy atom. The molecular formula is C51H32N4O. The molecule has 56 heavy (non-hydrogen) atoms. The van der Waals surface area contributed by atoms with E-state index in [1.54, 1.807) is 0 Å². The Morgan fingerprint density at radius 3 is 1.48 bits per heavy atom. The van der Waals surface area contributed by atoms with Crippen molar-refractivity contribution in [2.75, 3.05) is 0 Å². The van der Waals surface area contributed by atoms with Crippen LogP contribution in [-0.2, 0) is 0 Å². The van der Waals surface area contributed by atoms with E-state index in [-0.39, 0.29) is 0 Å². The molecule has 0 atom stereocenters. The lowest BCUT2D eigenvalue weighted by Gasteiger charge is -2.13. The van der Waals surface area contributed by atoms with Gasteiger partial charge in [-0.25, -0.2) is 15.0 Å². The number of nitrogens with zero attached hydrogens (tertiary/aromatic N) is 4. The van der Waals surface area contributed by atoms with E-state index in [1.165, 1.54) is 10.8 Å². The molecule has 11 aromatic rings. The first-order valence-corrected chi connectivity index (χ1v) is 18.8. The largest absolute Gasteiger partial charge is 0.455 e. The topological polar surface area (TPSA) is 56.7 Å². The molecule has 3 aromatic heterocycles. The van der Waals surface area contributed by atoms with Gasteiger partial charge in [0.05, 0.1) is 22.1 Å². The minimum atomic E-state index is 0.576. The van der Waals surface area contributed by atoms with E-state index < -0.39 is 0 Å². The van der Waals surface area contributed by atoms with Crippen LogP contribution in [0.2, 0.25) is 0 Å². The Balaban J connectivity index is 1.20. The molecule has 8 aromatic carbocycles. The first-order valence-electron chi connectivity index (χ1n) is 18.8. The van der Waals surface area contributed by atoms with Crippen LogP contribution in [0, 0.1) is 0 Å². The van der Waals surface area contributed by atoms with Crippen molar-refractivity contribution in [3.63, 3.8) is 0 Å². The van der Waals surface area contributed by atoms with Crippen LogP contribution in [0.5, 0.6) is 0 Å². The van der Waals surface area contributed by atoms with Crippen LogP contribution < -0.4 is 0 Å². The summed E-state index contributed by atoms with van der Waals surface area (Å²) in [5.41, 5.74) is 11.9. The number of fused-ring (bicyclic) bond motifs is 6. The number of hydrogen-bond acceptors (Lipinski definition) is 4. The molecular weight excluding hydrogens is 685 g/mol. The third-order valence-electron chi connectivity index (χ3n) is 10.7. The highest BCUT2D eigenvalue weighted by Crippen LogP contribution is 2.45. The molecule has 0 aliphatic carbocycles. The van der Waals surface area contributed by atoms with Crippen molar-refractivity contribution < 1.29 is 4.42 Å². The second-order valence-corrected chi connectivity index (χ2v) is 14.0. The van der Waals surface area contributed by atoms with Gasteiger partial charge >= 0.3 is 0 Å². The van der Waals surface area contributed by atoms with Crippen molar-refractivity contribution >= 4 is 43.7 Å². The molecule has 0 bridgehead atoms. The number of rotatable bonds is 6. The quantitative estimate of drug-likeness (QED) is 0.172. The molecule has 0 radical (unpaired) electrons. The van der Waals surface area contributed by atoms with E-state index in [0.29, 0.717) is 17.5 Å². The fraction of sp³-hybridized carbons (Fsp3) is 0. The van der Waals surface area contributed by atoms with Crippen molar-refractivity contribution in [3.8, 4) is 62.1 Å². The molecule has 0 aliphatic rings. The normalized spacial score (nSPS) is 11.6. The average Bonchev–Trinajstić information content (AvgIpc) is 3.84. The van der Waals surface area contributed by atoms with Crippen LogP contribution in [0.4, 0.5) is 0 Å². The zero-order valence-corrected chi connectivity index (χ0v) is 30.2. The summed E-state index contributed by atoms with van der Waals surface area (Å²) in [5, 5.41) is 4.35. The Morgan fingerprint density at radius 2 is 0.839 bits per heavy atom. The number of aromatic nitrogens is 4. The van der Waals surface area contributed by atoms with Gasteiger partial charge in [0.1, 0.15) is 11.2 Å². The van der Waals surface area contributed by atoms with Gasteiger partial charge in [0.2, 0.25) is 0 Å². The summed E-state index contributed by atoms with van der Waals surface area (Å²) < 4.78 is 9.33. The van der Waals surface area contributed by atoms with Gasteiger partial charge in [0, 0.05) is 38.4 Å². The van der Waals surface area contributed by atoms with Gasteiger partial charge in [-0.05, 0) is 47.0 Å². The summed E-state index contributed by atoms with van der Waals surface area (Å²) in [6.45, 7) is 0. The highest BCUT2D eigenvalue weighted by atomic mass is 16.3. The standard InChI is InChI=1S/C51H32N4O/c1-4-15-33(16-5-1)34-27-29-37(30-28-34)50-52-49(36-19-8-3-9-20-36)53-51(54-50)41-23-14-26-45-46(41)47-44(32-31-38(48(47)56-45)35-17-6-2-7-18-35)55-42-24-12-10-21-39(42)40-22-11-13-25-43(40)55/h1-32H. The summed E-state index contributed by atoms with van der Waals surface area (Å²) in [6.07, 6.45) is 0. The van der Waals surface area contributed by atoms with E-state index in [2.05, 4.69) is 144 Å². The Hall–Kier alpha value is -7.63. The van der Waals surface area contributed by atoms with E-state index in [1.807, 2.05) is 54.6 Å². The van der Waals surface area contributed by atoms with Crippen molar-refractivity contribution in [3.05, 3.63) is 194 Å². The summed E-state index contributed by atoms with van der Waals surface area (Å²) in [4.78, 5) is 15.5.